The van der Waals surface area contributed by atoms with Gasteiger partial charge in [0.15, 0.2) is 0 Å². The number of benzene rings is 2. The molecule has 1 amide bonds. The molecule has 0 aliphatic heterocycles. The first-order valence-electron chi connectivity index (χ1n) is 5.67. The zero-order valence-electron chi connectivity index (χ0n) is 10.4. The second kappa shape index (κ2) is 6.47. The molecule has 2 aromatic carbocycles. The number of nitrogens with one attached hydrogen (secondary N) is 1. The molecule has 108 valence electrons. The van der Waals surface area contributed by atoms with Crippen molar-refractivity contribution in [1.82, 2.24) is 0 Å². The topological polar surface area (TPSA) is 66.4 Å². The van der Waals surface area contributed by atoms with Gasteiger partial charge in [-0.2, -0.15) is 0 Å². The molecule has 0 saturated carbocycles. The minimum absolute atomic E-state index is 0.0825. The van der Waals surface area contributed by atoms with Crippen molar-refractivity contribution in [2.45, 2.75) is 0 Å². The van der Waals surface area contributed by atoms with Crippen LogP contribution in [0.2, 0.25) is 10.0 Å². The van der Waals surface area contributed by atoms with Gasteiger partial charge in [-0.3, -0.25) is 4.79 Å². The fraction of sp³-hybridized carbons (Fsp3) is 0. The number of carbonyl (C=O) groups excluding carboxylic acids is 1. The number of aromatic carboxylic acids is 1. The van der Waals surface area contributed by atoms with Gasteiger partial charge < -0.3 is 10.4 Å². The summed E-state index contributed by atoms with van der Waals surface area (Å²) in [6.45, 7) is 0. The van der Waals surface area contributed by atoms with Crippen LogP contribution < -0.4 is 5.32 Å². The number of carboxylic acids is 1. The van der Waals surface area contributed by atoms with Crippen LogP contribution in [0.4, 0.5) is 5.69 Å². The van der Waals surface area contributed by atoms with E-state index < -0.39 is 11.9 Å². The first kappa shape index (κ1) is 15.8. The highest BCUT2D eigenvalue weighted by Gasteiger charge is 2.16. The molecule has 0 atom stereocenters. The van der Waals surface area contributed by atoms with E-state index in [1.807, 2.05) is 0 Å². The van der Waals surface area contributed by atoms with Crippen molar-refractivity contribution in [2.75, 3.05) is 5.32 Å². The Labute approximate surface area is 138 Å². The lowest BCUT2D eigenvalue weighted by Crippen LogP contribution is -2.15. The highest BCUT2D eigenvalue weighted by atomic mass is 79.9. The molecule has 0 aliphatic rings. The van der Waals surface area contributed by atoms with E-state index in [1.165, 1.54) is 24.3 Å². The average Bonchev–Trinajstić information content (AvgIpc) is 2.40. The fourth-order valence-corrected chi connectivity index (χ4v) is 2.70. The molecule has 0 spiro atoms. The maximum Gasteiger partial charge on any atom is 0.337 e. The maximum absolute atomic E-state index is 12.2. The monoisotopic (exact) mass is 387 g/mol. The van der Waals surface area contributed by atoms with Gasteiger partial charge in [0.1, 0.15) is 0 Å². The van der Waals surface area contributed by atoms with E-state index >= 15 is 0 Å². The highest BCUT2D eigenvalue weighted by molar-refractivity contribution is 9.10. The average molecular weight is 389 g/mol. The summed E-state index contributed by atoms with van der Waals surface area (Å²) in [5.41, 5.74) is 0.422. The first-order chi connectivity index (χ1) is 9.88. The summed E-state index contributed by atoms with van der Waals surface area (Å²) in [4.78, 5) is 23.4. The Kier molecular flexibility index (Phi) is 4.88. The molecule has 0 saturated heterocycles. The number of hydrogen-bond acceptors (Lipinski definition) is 2. The van der Waals surface area contributed by atoms with Crippen LogP contribution in [0.15, 0.2) is 40.9 Å². The van der Waals surface area contributed by atoms with Gasteiger partial charge in [-0.1, -0.05) is 23.2 Å². The molecule has 0 aromatic heterocycles. The molecule has 2 rings (SSSR count). The number of carboxylic acid groups (broad SMARTS) is 1. The number of amides is 1. The van der Waals surface area contributed by atoms with Gasteiger partial charge in [0.05, 0.1) is 16.8 Å². The zero-order chi connectivity index (χ0) is 15.6. The quantitative estimate of drug-likeness (QED) is 0.800. The van der Waals surface area contributed by atoms with Crippen molar-refractivity contribution in [1.29, 1.82) is 0 Å². The van der Waals surface area contributed by atoms with Gasteiger partial charge in [0.2, 0.25) is 0 Å². The molecule has 2 aromatic rings. The van der Waals surface area contributed by atoms with Gasteiger partial charge in [0, 0.05) is 14.5 Å². The molecular formula is C14H8BrCl2NO3. The fourth-order valence-electron chi connectivity index (χ4n) is 1.67. The van der Waals surface area contributed by atoms with E-state index in [9.17, 15) is 9.59 Å². The molecule has 0 unspecified atom stereocenters. The predicted molar refractivity (Wildman–Crippen MR) is 85.5 cm³/mol. The highest BCUT2D eigenvalue weighted by Crippen LogP contribution is 2.25. The van der Waals surface area contributed by atoms with Gasteiger partial charge in [-0.15, -0.1) is 0 Å². The van der Waals surface area contributed by atoms with E-state index in [0.717, 1.165) is 0 Å². The molecule has 2 N–H and O–H groups in total. The number of carbonyl (C=O) groups is 2. The Morgan fingerprint density at radius 3 is 2.24 bits per heavy atom. The molecule has 7 heteroatoms. The third-order valence-corrected chi connectivity index (χ3v) is 3.76. The van der Waals surface area contributed by atoms with Crippen molar-refractivity contribution in [3.05, 3.63) is 62.0 Å². The summed E-state index contributed by atoms with van der Waals surface area (Å²) >= 11 is 14.8. The number of halogens is 3. The number of anilines is 1. The van der Waals surface area contributed by atoms with Crippen molar-refractivity contribution >= 4 is 56.7 Å². The standard InChI is InChI=1S/C14H8BrCl2NO3/c15-11-6-8(17)1-3-9(11)13(19)18-12-4-2-7(16)5-10(12)14(20)21/h1-6H,(H,18,19)(H,20,21). The van der Waals surface area contributed by atoms with Gasteiger partial charge >= 0.3 is 5.97 Å². The van der Waals surface area contributed by atoms with Crippen molar-refractivity contribution in [2.24, 2.45) is 0 Å². The Bertz CT molecular complexity index is 734. The summed E-state index contributed by atoms with van der Waals surface area (Å²) in [5.74, 6) is -1.63. The minimum Gasteiger partial charge on any atom is -0.478 e. The Hall–Kier alpha value is -1.56. The lowest BCUT2D eigenvalue weighted by atomic mass is 10.1. The second-order valence-corrected chi connectivity index (χ2v) is 5.80. The van der Waals surface area contributed by atoms with E-state index in [1.54, 1.807) is 12.1 Å². The van der Waals surface area contributed by atoms with Crippen LogP contribution in [0.1, 0.15) is 20.7 Å². The minimum atomic E-state index is -1.18. The molecule has 21 heavy (non-hydrogen) atoms. The maximum atomic E-state index is 12.2. The van der Waals surface area contributed by atoms with Gasteiger partial charge in [-0.25, -0.2) is 4.79 Å². The molecule has 0 bridgehead atoms. The summed E-state index contributed by atoms with van der Waals surface area (Å²) in [5, 5.41) is 12.4. The number of hydrogen-bond donors (Lipinski definition) is 2. The summed E-state index contributed by atoms with van der Waals surface area (Å²) < 4.78 is 0.512. The Morgan fingerprint density at radius 1 is 1.00 bits per heavy atom. The van der Waals surface area contributed by atoms with Crippen molar-refractivity contribution < 1.29 is 14.7 Å². The third-order valence-electron chi connectivity index (χ3n) is 2.64. The smallest absolute Gasteiger partial charge is 0.337 e. The van der Waals surface area contributed by atoms with Crippen LogP contribution in [0.25, 0.3) is 0 Å². The van der Waals surface area contributed by atoms with Crippen LogP contribution in [-0.2, 0) is 0 Å². The summed E-state index contributed by atoms with van der Waals surface area (Å²) in [6, 6.07) is 8.90. The molecular weight excluding hydrogens is 381 g/mol. The van der Waals surface area contributed by atoms with E-state index in [2.05, 4.69) is 21.2 Å². The lowest BCUT2D eigenvalue weighted by Gasteiger charge is -2.10. The van der Waals surface area contributed by atoms with E-state index in [-0.39, 0.29) is 16.3 Å². The van der Waals surface area contributed by atoms with Crippen molar-refractivity contribution in [3.63, 3.8) is 0 Å². The van der Waals surface area contributed by atoms with E-state index in [4.69, 9.17) is 28.3 Å². The molecule has 4 nitrogen and oxygen atoms in total. The van der Waals surface area contributed by atoms with Crippen LogP contribution in [-0.4, -0.2) is 17.0 Å². The predicted octanol–water partition coefficient (Wildman–Crippen LogP) is 4.71. The van der Waals surface area contributed by atoms with E-state index in [0.29, 0.717) is 15.1 Å². The Morgan fingerprint density at radius 2 is 1.62 bits per heavy atom. The second-order valence-electron chi connectivity index (χ2n) is 4.07. The Balaban J connectivity index is 2.34. The number of rotatable bonds is 3. The van der Waals surface area contributed by atoms with Crippen LogP contribution in [0.3, 0.4) is 0 Å². The third kappa shape index (κ3) is 3.75. The zero-order valence-corrected chi connectivity index (χ0v) is 13.5. The first-order valence-corrected chi connectivity index (χ1v) is 7.22. The molecule has 0 aliphatic carbocycles. The van der Waals surface area contributed by atoms with Crippen LogP contribution in [0, 0.1) is 0 Å². The molecule has 0 fully saturated rings. The molecule has 0 radical (unpaired) electrons. The van der Waals surface area contributed by atoms with Gasteiger partial charge in [-0.05, 0) is 52.3 Å². The normalized spacial score (nSPS) is 10.2. The summed E-state index contributed by atoms with van der Waals surface area (Å²) in [7, 11) is 0. The van der Waals surface area contributed by atoms with Crippen molar-refractivity contribution in [3.8, 4) is 0 Å². The largest absolute Gasteiger partial charge is 0.478 e. The van der Waals surface area contributed by atoms with Crippen LogP contribution in [0.5, 0.6) is 0 Å². The lowest BCUT2D eigenvalue weighted by molar-refractivity contribution is 0.0698. The van der Waals surface area contributed by atoms with Gasteiger partial charge in [0.25, 0.3) is 5.91 Å². The SMILES string of the molecule is O=C(Nc1ccc(Cl)cc1C(=O)O)c1ccc(Cl)cc1Br. The van der Waals surface area contributed by atoms with Crippen LogP contribution >= 0.6 is 39.1 Å². The summed E-state index contributed by atoms with van der Waals surface area (Å²) in [6.07, 6.45) is 0. The molecule has 0 heterocycles.